The van der Waals surface area contributed by atoms with Gasteiger partial charge in [-0.15, -0.1) is 0 Å². The van der Waals surface area contributed by atoms with Crippen LogP contribution in [0.3, 0.4) is 0 Å². The van der Waals surface area contributed by atoms with Crippen molar-refractivity contribution in [1.29, 1.82) is 0 Å². The monoisotopic (exact) mass is 258 g/mol. The number of hydrogen-bond acceptors (Lipinski definition) is 4. The lowest BCUT2D eigenvalue weighted by Crippen LogP contribution is -2.12. The highest BCUT2D eigenvalue weighted by atomic mass is 16.5. The predicted octanol–water partition coefficient (Wildman–Crippen LogP) is 3.17. The molecule has 3 rings (SSSR count). The van der Waals surface area contributed by atoms with Crippen molar-refractivity contribution < 1.29 is 18.7 Å². The van der Waals surface area contributed by atoms with Crippen LogP contribution in [0.1, 0.15) is 17.5 Å². The zero-order valence-corrected chi connectivity index (χ0v) is 10.6. The van der Waals surface area contributed by atoms with Crippen LogP contribution in [0.25, 0.3) is 11.1 Å². The summed E-state index contributed by atoms with van der Waals surface area (Å²) in [6.07, 6.45) is 2.21. The summed E-state index contributed by atoms with van der Waals surface area (Å²) in [6, 6.07) is 7.41. The molecule has 0 fully saturated rings. The molecule has 0 radical (unpaired) electrons. The van der Waals surface area contributed by atoms with E-state index >= 15 is 0 Å². The quantitative estimate of drug-likeness (QED) is 0.776. The van der Waals surface area contributed by atoms with Gasteiger partial charge < -0.3 is 13.9 Å². The van der Waals surface area contributed by atoms with E-state index in [0.717, 1.165) is 16.9 Å². The van der Waals surface area contributed by atoms with E-state index in [9.17, 15) is 4.79 Å². The van der Waals surface area contributed by atoms with Crippen molar-refractivity contribution in [2.24, 2.45) is 5.92 Å². The van der Waals surface area contributed by atoms with Crippen LogP contribution >= 0.6 is 0 Å². The Morgan fingerprint density at radius 3 is 2.74 bits per heavy atom. The summed E-state index contributed by atoms with van der Waals surface area (Å²) < 4.78 is 16.5. The summed E-state index contributed by atoms with van der Waals surface area (Å²) >= 11 is 0. The Morgan fingerprint density at radius 2 is 1.95 bits per heavy atom. The number of fused-ring (bicyclic) bond motifs is 1. The van der Waals surface area contributed by atoms with Gasteiger partial charge in [0.1, 0.15) is 0 Å². The van der Waals surface area contributed by atoms with E-state index in [4.69, 9.17) is 13.9 Å². The first-order valence-electron chi connectivity index (χ1n) is 6.20. The van der Waals surface area contributed by atoms with Crippen LogP contribution in [-0.4, -0.2) is 19.5 Å². The molecule has 98 valence electrons. The molecule has 0 spiro atoms. The summed E-state index contributed by atoms with van der Waals surface area (Å²) in [7, 11) is 0. The van der Waals surface area contributed by atoms with E-state index in [-0.39, 0.29) is 0 Å². The lowest BCUT2D eigenvalue weighted by Gasteiger charge is -2.08. The molecule has 2 aromatic rings. The van der Waals surface area contributed by atoms with E-state index < -0.39 is 0 Å². The molecule has 0 bridgehead atoms. The highest BCUT2D eigenvalue weighted by Crippen LogP contribution is 2.35. The topological polar surface area (TPSA) is 48.7 Å². The Bertz CT molecular complexity index is 600. The van der Waals surface area contributed by atoms with E-state index in [1.165, 1.54) is 6.26 Å². The molecular formula is C15H14O4. The minimum atomic E-state index is 0.322. The maximum Gasteiger partial charge on any atom is 0.185 e. The molecule has 0 aliphatic carbocycles. The Kier molecular flexibility index (Phi) is 2.99. The first-order valence-corrected chi connectivity index (χ1v) is 6.20. The zero-order chi connectivity index (χ0) is 13.2. The standard InChI is InChI=1S/C15H14O4/c1-10-8-18-13-3-2-11(6-14(13)19-9-10)12-4-5-17-15(12)7-16/h2-7,10H,8-9H2,1H3. The zero-order valence-electron chi connectivity index (χ0n) is 10.6. The molecule has 1 aliphatic rings. The van der Waals surface area contributed by atoms with Gasteiger partial charge >= 0.3 is 0 Å². The second-order valence-corrected chi connectivity index (χ2v) is 4.71. The van der Waals surface area contributed by atoms with Crippen LogP contribution in [0.4, 0.5) is 0 Å². The Labute approximate surface area is 110 Å². The summed E-state index contributed by atoms with van der Waals surface area (Å²) in [5.74, 6) is 2.13. The minimum Gasteiger partial charge on any atom is -0.489 e. The van der Waals surface area contributed by atoms with E-state index in [1.807, 2.05) is 18.2 Å². The Morgan fingerprint density at radius 1 is 1.16 bits per heavy atom. The van der Waals surface area contributed by atoms with Crippen molar-refractivity contribution in [3.05, 3.63) is 36.3 Å². The van der Waals surface area contributed by atoms with Crippen molar-refractivity contribution in [1.82, 2.24) is 0 Å². The third-order valence-corrected chi connectivity index (χ3v) is 3.10. The van der Waals surface area contributed by atoms with Crippen LogP contribution in [0, 0.1) is 5.92 Å². The van der Waals surface area contributed by atoms with Crippen molar-refractivity contribution in [3.63, 3.8) is 0 Å². The van der Waals surface area contributed by atoms with E-state index in [1.54, 1.807) is 6.07 Å². The van der Waals surface area contributed by atoms with Crippen LogP contribution in [0.15, 0.2) is 34.9 Å². The van der Waals surface area contributed by atoms with Gasteiger partial charge in [-0.3, -0.25) is 4.79 Å². The maximum atomic E-state index is 10.9. The largest absolute Gasteiger partial charge is 0.489 e. The van der Waals surface area contributed by atoms with Gasteiger partial charge in [0.05, 0.1) is 19.5 Å². The number of ether oxygens (including phenoxy) is 2. The number of benzene rings is 1. The van der Waals surface area contributed by atoms with Gasteiger partial charge in [-0.2, -0.15) is 0 Å². The van der Waals surface area contributed by atoms with Crippen LogP contribution in [0.2, 0.25) is 0 Å². The van der Waals surface area contributed by atoms with E-state index in [2.05, 4.69) is 6.92 Å². The second-order valence-electron chi connectivity index (χ2n) is 4.71. The lowest BCUT2D eigenvalue weighted by atomic mass is 10.1. The molecule has 1 unspecified atom stereocenters. The Hall–Kier alpha value is -2.23. The number of aldehydes is 1. The first-order chi connectivity index (χ1) is 9.28. The molecule has 0 saturated carbocycles. The van der Waals surface area contributed by atoms with Crippen LogP contribution in [0.5, 0.6) is 11.5 Å². The fourth-order valence-corrected chi connectivity index (χ4v) is 2.07. The van der Waals surface area contributed by atoms with Gasteiger partial charge in [-0.1, -0.05) is 13.0 Å². The molecule has 2 heterocycles. The van der Waals surface area contributed by atoms with Crippen LogP contribution < -0.4 is 9.47 Å². The van der Waals surface area contributed by atoms with Crippen LogP contribution in [-0.2, 0) is 0 Å². The molecule has 0 saturated heterocycles. The van der Waals surface area contributed by atoms with Gasteiger partial charge in [0.25, 0.3) is 0 Å². The molecule has 4 nitrogen and oxygen atoms in total. The number of rotatable bonds is 2. The fraction of sp³-hybridized carbons (Fsp3) is 0.267. The molecule has 1 aromatic carbocycles. The number of carbonyl (C=O) groups excluding carboxylic acids is 1. The first kappa shape index (κ1) is 11.8. The van der Waals surface area contributed by atoms with Crippen molar-refractivity contribution in [3.8, 4) is 22.6 Å². The Balaban J connectivity index is 2.00. The second kappa shape index (κ2) is 4.80. The van der Waals surface area contributed by atoms with Crippen molar-refractivity contribution in [2.75, 3.05) is 13.2 Å². The van der Waals surface area contributed by atoms with E-state index in [0.29, 0.717) is 36.9 Å². The lowest BCUT2D eigenvalue weighted by molar-refractivity contribution is 0.110. The number of hydrogen-bond donors (Lipinski definition) is 0. The molecule has 0 amide bonds. The highest BCUT2D eigenvalue weighted by molar-refractivity contribution is 5.84. The third-order valence-electron chi connectivity index (χ3n) is 3.10. The molecule has 4 heteroatoms. The van der Waals surface area contributed by atoms with Gasteiger partial charge in [0, 0.05) is 11.5 Å². The summed E-state index contributed by atoms with van der Waals surface area (Å²) in [4.78, 5) is 10.9. The summed E-state index contributed by atoms with van der Waals surface area (Å²) in [5, 5.41) is 0. The summed E-state index contributed by atoms with van der Waals surface area (Å²) in [6.45, 7) is 3.35. The average molecular weight is 258 g/mol. The predicted molar refractivity (Wildman–Crippen MR) is 69.7 cm³/mol. The summed E-state index contributed by atoms with van der Waals surface area (Å²) in [5.41, 5.74) is 1.64. The number of furan rings is 1. The molecule has 19 heavy (non-hydrogen) atoms. The molecule has 1 aromatic heterocycles. The van der Waals surface area contributed by atoms with Gasteiger partial charge in [0.2, 0.25) is 0 Å². The van der Waals surface area contributed by atoms with Gasteiger partial charge in [-0.05, 0) is 23.8 Å². The fourth-order valence-electron chi connectivity index (χ4n) is 2.07. The highest BCUT2D eigenvalue weighted by Gasteiger charge is 2.17. The average Bonchev–Trinajstić information content (AvgIpc) is 2.84. The maximum absolute atomic E-state index is 10.9. The normalized spacial score (nSPS) is 17.8. The minimum absolute atomic E-state index is 0.322. The van der Waals surface area contributed by atoms with Gasteiger partial charge in [-0.25, -0.2) is 0 Å². The third kappa shape index (κ3) is 2.21. The molecular weight excluding hydrogens is 244 g/mol. The molecule has 1 atom stereocenters. The SMILES string of the molecule is CC1COc2ccc(-c3ccoc3C=O)cc2OC1. The molecule has 1 aliphatic heterocycles. The van der Waals surface area contributed by atoms with Gasteiger partial charge in [0.15, 0.2) is 23.5 Å². The number of carbonyl (C=O) groups is 1. The molecule has 0 N–H and O–H groups in total. The van der Waals surface area contributed by atoms with Crippen molar-refractivity contribution >= 4 is 6.29 Å². The van der Waals surface area contributed by atoms with Crippen molar-refractivity contribution in [2.45, 2.75) is 6.92 Å². The smallest absolute Gasteiger partial charge is 0.185 e.